The van der Waals surface area contributed by atoms with Gasteiger partial charge in [-0.15, -0.1) is 0 Å². The van der Waals surface area contributed by atoms with Gasteiger partial charge < -0.3 is 5.73 Å². The Morgan fingerprint density at radius 3 is 2.50 bits per heavy atom. The molecule has 0 radical (unpaired) electrons. The first-order chi connectivity index (χ1) is 6.62. The zero-order valence-electron chi connectivity index (χ0n) is 8.72. The topological polar surface area (TPSA) is 26.0 Å². The van der Waals surface area contributed by atoms with Crippen molar-refractivity contribution in [3.8, 4) is 0 Å². The maximum atomic E-state index is 6.41. The van der Waals surface area contributed by atoms with Crippen molar-refractivity contribution in [1.82, 2.24) is 0 Å². The fraction of sp³-hybridized carbons (Fsp3) is 0.538. The lowest BCUT2D eigenvalue weighted by Crippen LogP contribution is -2.50. The van der Waals surface area contributed by atoms with E-state index >= 15 is 0 Å². The lowest BCUT2D eigenvalue weighted by molar-refractivity contribution is 0.125. The molecule has 1 heteroatoms. The predicted octanol–water partition coefficient (Wildman–Crippen LogP) is 2.72. The van der Waals surface area contributed by atoms with E-state index in [1.165, 1.54) is 36.8 Å². The smallest absolute Gasteiger partial charge is 0.0420 e. The third kappa shape index (κ3) is 1.12. The van der Waals surface area contributed by atoms with Gasteiger partial charge in [0.05, 0.1) is 0 Å². The van der Waals surface area contributed by atoms with Crippen molar-refractivity contribution in [2.45, 2.75) is 38.1 Å². The van der Waals surface area contributed by atoms with Gasteiger partial charge in [0.2, 0.25) is 0 Å². The van der Waals surface area contributed by atoms with Crippen LogP contribution in [-0.2, 0) is 5.54 Å². The quantitative estimate of drug-likeness (QED) is 0.718. The van der Waals surface area contributed by atoms with Crippen LogP contribution in [0.25, 0.3) is 0 Å². The molecule has 1 aromatic rings. The summed E-state index contributed by atoms with van der Waals surface area (Å²) in [5.41, 5.74) is 9.76. The maximum Gasteiger partial charge on any atom is 0.0420 e. The monoisotopic (exact) mass is 187 g/mol. The van der Waals surface area contributed by atoms with Crippen LogP contribution in [-0.4, -0.2) is 0 Å². The third-order valence-electron chi connectivity index (χ3n) is 3.93. The van der Waals surface area contributed by atoms with Gasteiger partial charge in [-0.05, 0) is 43.6 Å². The molecular formula is C13H17N. The highest BCUT2D eigenvalue weighted by Gasteiger charge is 2.59. The molecule has 74 valence electrons. The number of nitrogens with two attached hydrogens (primary N) is 1. The third-order valence-corrected chi connectivity index (χ3v) is 3.93. The van der Waals surface area contributed by atoms with Gasteiger partial charge in [-0.25, -0.2) is 0 Å². The molecule has 0 atom stereocenters. The second-order valence-corrected chi connectivity index (χ2v) is 5.38. The fourth-order valence-corrected chi connectivity index (χ4v) is 2.98. The summed E-state index contributed by atoms with van der Waals surface area (Å²) in [7, 11) is 0. The largest absolute Gasteiger partial charge is 0.321 e. The summed E-state index contributed by atoms with van der Waals surface area (Å²) in [5, 5.41) is 0. The van der Waals surface area contributed by atoms with Gasteiger partial charge in [0, 0.05) is 5.54 Å². The zero-order chi connectivity index (χ0) is 9.81. The van der Waals surface area contributed by atoms with Crippen molar-refractivity contribution >= 4 is 0 Å². The van der Waals surface area contributed by atoms with Gasteiger partial charge in [-0.3, -0.25) is 0 Å². The SMILES string of the molecule is Cc1cccc(C2(N)CC3(CC3)C2)c1. The summed E-state index contributed by atoms with van der Waals surface area (Å²) in [6.07, 6.45) is 5.25. The summed E-state index contributed by atoms with van der Waals surface area (Å²) in [5.74, 6) is 0. The van der Waals surface area contributed by atoms with Crippen LogP contribution < -0.4 is 5.73 Å². The first-order valence-electron chi connectivity index (χ1n) is 5.48. The Balaban J connectivity index is 1.88. The Morgan fingerprint density at radius 2 is 1.93 bits per heavy atom. The lowest BCUT2D eigenvalue weighted by atomic mass is 9.63. The number of hydrogen-bond donors (Lipinski definition) is 1. The molecular weight excluding hydrogens is 170 g/mol. The molecule has 0 saturated heterocycles. The zero-order valence-corrected chi connectivity index (χ0v) is 8.72. The highest BCUT2D eigenvalue weighted by atomic mass is 14.8. The van der Waals surface area contributed by atoms with Crippen LogP contribution in [0.5, 0.6) is 0 Å². The Hall–Kier alpha value is -0.820. The van der Waals surface area contributed by atoms with Crippen molar-refractivity contribution in [3.05, 3.63) is 35.4 Å². The summed E-state index contributed by atoms with van der Waals surface area (Å²) in [4.78, 5) is 0. The molecule has 2 aliphatic carbocycles. The Labute approximate surface area is 85.3 Å². The second-order valence-electron chi connectivity index (χ2n) is 5.38. The van der Waals surface area contributed by atoms with Crippen molar-refractivity contribution in [2.75, 3.05) is 0 Å². The van der Waals surface area contributed by atoms with Crippen LogP contribution in [0.4, 0.5) is 0 Å². The van der Waals surface area contributed by atoms with Crippen molar-refractivity contribution in [2.24, 2.45) is 11.1 Å². The van der Waals surface area contributed by atoms with Crippen LogP contribution in [0, 0.1) is 12.3 Å². The van der Waals surface area contributed by atoms with Gasteiger partial charge in [-0.1, -0.05) is 29.8 Å². The summed E-state index contributed by atoms with van der Waals surface area (Å²) < 4.78 is 0. The number of hydrogen-bond acceptors (Lipinski definition) is 1. The van der Waals surface area contributed by atoms with E-state index in [1.54, 1.807) is 0 Å². The van der Waals surface area contributed by atoms with E-state index in [0.717, 1.165) is 0 Å². The summed E-state index contributed by atoms with van der Waals surface area (Å²) in [6.45, 7) is 2.14. The van der Waals surface area contributed by atoms with Gasteiger partial charge in [0.1, 0.15) is 0 Å². The average Bonchev–Trinajstić information content (AvgIpc) is 2.84. The van der Waals surface area contributed by atoms with Gasteiger partial charge in [0.15, 0.2) is 0 Å². The van der Waals surface area contributed by atoms with E-state index in [0.29, 0.717) is 5.41 Å². The van der Waals surface area contributed by atoms with Crippen molar-refractivity contribution < 1.29 is 0 Å². The minimum absolute atomic E-state index is 0.00250. The Morgan fingerprint density at radius 1 is 1.21 bits per heavy atom. The van der Waals surface area contributed by atoms with Gasteiger partial charge in [-0.2, -0.15) is 0 Å². The Kier molecular flexibility index (Phi) is 1.46. The summed E-state index contributed by atoms with van der Waals surface area (Å²) in [6, 6.07) is 8.69. The lowest BCUT2D eigenvalue weighted by Gasteiger charge is -2.46. The molecule has 0 bridgehead atoms. The molecule has 2 N–H and O–H groups in total. The predicted molar refractivity (Wildman–Crippen MR) is 57.9 cm³/mol. The molecule has 1 nitrogen and oxygen atoms in total. The first kappa shape index (κ1) is 8.49. The van der Waals surface area contributed by atoms with Crippen LogP contribution in [0.3, 0.4) is 0 Å². The van der Waals surface area contributed by atoms with Crippen molar-refractivity contribution in [1.29, 1.82) is 0 Å². The highest BCUT2D eigenvalue weighted by molar-refractivity contribution is 5.33. The number of benzene rings is 1. The van der Waals surface area contributed by atoms with E-state index in [4.69, 9.17) is 5.73 Å². The highest BCUT2D eigenvalue weighted by Crippen LogP contribution is 2.66. The molecule has 2 aliphatic rings. The van der Waals surface area contributed by atoms with E-state index < -0.39 is 0 Å². The van der Waals surface area contributed by atoms with Gasteiger partial charge >= 0.3 is 0 Å². The van der Waals surface area contributed by atoms with Crippen LogP contribution in [0.15, 0.2) is 24.3 Å². The molecule has 0 aliphatic heterocycles. The molecule has 0 unspecified atom stereocenters. The van der Waals surface area contributed by atoms with Crippen LogP contribution in [0.1, 0.15) is 36.8 Å². The molecule has 0 aromatic heterocycles. The molecule has 2 saturated carbocycles. The molecule has 0 heterocycles. The van der Waals surface area contributed by atoms with E-state index in [2.05, 4.69) is 31.2 Å². The minimum atomic E-state index is 0.00250. The second kappa shape index (κ2) is 2.40. The molecule has 1 aromatic carbocycles. The van der Waals surface area contributed by atoms with Crippen LogP contribution in [0.2, 0.25) is 0 Å². The average molecular weight is 187 g/mol. The van der Waals surface area contributed by atoms with Gasteiger partial charge in [0.25, 0.3) is 0 Å². The fourth-order valence-electron chi connectivity index (χ4n) is 2.98. The number of rotatable bonds is 1. The van der Waals surface area contributed by atoms with Crippen molar-refractivity contribution in [3.63, 3.8) is 0 Å². The first-order valence-corrected chi connectivity index (χ1v) is 5.48. The summed E-state index contributed by atoms with van der Waals surface area (Å²) >= 11 is 0. The molecule has 2 fully saturated rings. The maximum absolute atomic E-state index is 6.41. The van der Waals surface area contributed by atoms with E-state index in [9.17, 15) is 0 Å². The molecule has 3 rings (SSSR count). The minimum Gasteiger partial charge on any atom is -0.321 e. The Bertz CT molecular complexity index is 369. The van der Waals surface area contributed by atoms with E-state index in [1.807, 2.05) is 0 Å². The molecule has 1 spiro atoms. The molecule has 14 heavy (non-hydrogen) atoms. The number of aryl methyl sites for hydroxylation is 1. The normalized spacial score (nSPS) is 25.9. The van der Waals surface area contributed by atoms with Crippen LogP contribution >= 0.6 is 0 Å². The molecule has 0 amide bonds. The van der Waals surface area contributed by atoms with E-state index in [-0.39, 0.29) is 5.54 Å². The standard InChI is InChI=1S/C13H17N/c1-10-3-2-4-11(7-10)13(14)8-12(9-13)5-6-12/h2-4,7H,5-6,8-9,14H2,1H3.